The molecule has 41 heavy (non-hydrogen) atoms. The highest BCUT2D eigenvalue weighted by Gasteiger charge is 2.44. The highest BCUT2D eigenvalue weighted by atomic mass is 16.7. The van der Waals surface area contributed by atoms with E-state index in [2.05, 4.69) is 43.5 Å². The van der Waals surface area contributed by atoms with Gasteiger partial charge in [0.25, 0.3) is 0 Å². The second-order valence-corrected chi connectivity index (χ2v) is 10.9. The minimum absolute atomic E-state index is 0.204. The van der Waals surface area contributed by atoms with Gasteiger partial charge in [-0.3, -0.25) is 4.79 Å². The van der Waals surface area contributed by atoms with Gasteiger partial charge >= 0.3 is 0 Å². The van der Waals surface area contributed by atoms with Crippen LogP contribution in [0.3, 0.4) is 0 Å². The van der Waals surface area contributed by atoms with Crippen LogP contribution in [0.15, 0.2) is 36.5 Å². The van der Waals surface area contributed by atoms with Crippen LogP contribution >= 0.6 is 0 Å². The summed E-state index contributed by atoms with van der Waals surface area (Å²) in [5, 5.41) is 53.4. The zero-order valence-electron chi connectivity index (χ0n) is 25.3. The third kappa shape index (κ3) is 16.6. The molecular formula is C32H57NO8. The van der Waals surface area contributed by atoms with E-state index >= 15 is 0 Å². The molecule has 0 bridgehead atoms. The predicted octanol–water partition coefficient (Wildman–Crippen LogP) is 3.82. The average Bonchev–Trinajstić information content (AvgIpc) is 2.97. The lowest BCUT2D eigenvalue weighted by Gasteiger charge is -2.40. The van der Waals surface area contributed by atoms with E-state index in [9.17, 15) is 30.3 Å². The van der Waals surface area contributed by atoms with Crippen LogP contribution in [0.5, 0.6) is 0 Å². The third-order valence-electron chi connectivity index (χ3n) is 7.18. The van der Waals surface area contributed by atoms with Crippen LogP contribution in [0.4, 0.5) is 0 Å². The van der Waals surface area contributed by atoms with Crippen LogP contribution in [-0.2, 0) is 14.3 Å². The van der Waals surface area contributed by atoms with Gasteiger partial charge < -0.3 is 40.3 Å². The fourth-order valence-corrected chi connectivity index (χ4v) is 4.54. The molecule has 0 aromatic heterocycles. The summed E-state index contributed by atoms with van der Waals surface area (Å²) in [5.74, 6) is -0.204. The Bertz CT molecular complexity index is 741. The first-order valence-corrected chi connectivity index (χ1v) is 15.7. The quantitative estimate of drug-likeness (QED) is 0.0786. The number of unbranched alkanes of at least 4 members (excludes halogenated alkanes) is 9. The van der Waals surface area contributed by atoms with Crippen molar-refractivity contribution < 1.29 is 39.8 Å². The average molecular weight is 584 g/mol. The largest absolute Gasteiger partial charge is 0.394 e. The maximum Gasteiger partial charge on any atom is 0.220 e. The number of aliphatic hydroxyl groups excluding tert-OH is 5. The SMILES string of the molecule is CCC/C=C/CC/C=C/CC/C=C/C(O)C(COC1OC(CO)C(O)C(O)C1O)NC(=O)CCCCCCCCC. The van der Waals surface area contributed by atoms with Gasteiger partial charge in [0.1, 0.15) is 24.4 Å². The molecule has 1 saturated heterocycles. The first-order valence-electron chi connectivity index (χ1n) is 15.7. The first kappa shape index (κ1) is 37.4. The minimum atomic E-state index is -1.57. The summed E-state index contributed by atoms with van der Waals surface area (Å²) < 4.78 is 11.0. The number of hydrogen-bond acceptors (Lipinski definition) is 8. The van der Waals surface area contributed by atoms with Gasteiger partial charge in [0.05, 0.1) is 25.4 Å². The molecule has 1 fully saturated rings. The van der Waals surface area contributed by atoms with Gasteiger partial charge in [-0.25, -0.2) is 0 Å². The predicted molar refractivity (Wildman–Crippen MR) is 161 cm³/mol. The van der Waals surface area contributed by atoms with Crippen molar-refractivity contribution in [3.05, 3.63) is 36.5 Å². The zero-order chi connectivity index (χ0) is 30.3. The molecule has 9 nitrogen and oxygen atoms in total. The van der Waals surface area contributed by atoms with E-state index in [1.54, 1.807) is 6.08 Å². The van der Waals surface area contributed by atoms with Crippen molar-refractivity contribution in [1.29, 1.82) is 0 Å². The highest BCUT2D eigenvalue weighted by molar-refractivity contribution is 5.76. The van der Waals surface area contributed by atoms with E-state index in [1.807, 2.05) is 6.08 Å². The summed E-state index contributed by atoms with van der Waals surface area (Å²) in [7, 11) is 0. The molecule has 1 rings (SSSR count). The van der Waals surface area contributed by atoms with Gasteiger partial charge in [0.15, 0.2) is 6.29 Å². The lowest BCUT2D eigenvalue weighted by atomic mass is 9.99. The van der Waals surface area contributed by atoms with Crippen LogP contribution in [0.2, 0.25) is 0 Å². The van der Waals surface area contributed by atoms with E-state index in [1.165, 1.54) is 25.7 Å². The minimum Gasteiger partial charge on any atom is -0.394 e. The van der Waals surface area contributed by atoms with Crippen molar-refractivity contribution in [3.63, 3.8) is 0 Å². The monoisotopic (exact) mass is 583 g/mol. The first-order chi connectivity index (χ1) is 19.8. The lowest BCUT2D eigenvalue weighted by molar-refractivity contribution is -0.302. The Morgan fingerprint density at radius 1 is 0.805 bits per heavy atom. The normalized spacial score (nSPS) is 24.9. The van der Waals surface area contributed by atoms with Crippen LogP contribution < -0.4 is 5.32 Å². The number of carbonyl (C=O) groups excluding carboxylic acids is 1. The lowest BCUT2D eigenvalue weighted by Crippen LogP contribution is -2.60. The zero-order valence-corrected chi connectivity index (χ0v) is 25.3. The number of rotatable bonds is 23. The molecule has 1 amide bonds. The van der Waals surface area contributed by atoms with E-state index in [4.69, 9.17) is 9.47 Å². The Hall–Kier alpha value is -1.59. The molecule has 0 aromatic rings. The number of nitrogens with one attached hydrogen (secondary N) is 1. The number of carbonyl (C=O) groups is 1. The van der Waals surface area contributed by atoms with Crippen molar-refractivity contribution in [2.45, 2.75) is 147 Å². The Morgan fingerprint density at radius 2 is 1.39 bits per heavy atom. The molecule has 6 N–H and O–H groups in total. The Kier molecular flexibility index (Phi) is 21.8. The Labute approximate surface area is 247 Å². The van der Waals surface area contributed by atoms with Gasteiger partial charge in [-0.15, -0.1) is 0 Å². The van der Waals surface area contributed by atoms with E-state index in [0.717, 1.165) is 57.8 Å². The number of allylic oxidation sites excluding steroid dienone is 5. The summed E-state index contributed by atoms with van der Waals surface area (Å²) >= 11 is 0. The molecule has 0 radical (unpaired) electrons. The number of aliphatic hydroxyl groups is 5. The molecule has 7 atom stereocenters. The molecule has 0 aromatic carbocycles. The van der Waals surface area contributed by atoms with Crippen LogP contribution in [0.1, 0.15) is 104 Å². The van der Waals surface area contributed by atoms with Gasteiger partial charge in [0, 0.05) is 6.42 Å². The van der Waals surface area contributed by atoms with E-state index < -0.39 is 49.5 Å². The van der Waals surface area contributed by atoms with Crippen LogP contribution in [-0.4, -0.2) is 87.5 Å². The smallest absolute Gasteiger partial charge is 0.220 e. The van der Waals surface area contributed by atoms with E-state index in [-0.39, 0.29) is 12.5 Å². The topological polar surface area (TPSA) is 149 Å². The highest BCUT2D eigenvalue weighted by Crippen LogP contribution is 2.22. The van der Waals surface area contributed by atoms with Crippen molar-refractivity contribution >= 4 is 5.91 Å². The molecule has 0 spiro atoms. The molecule has 1 heterocycles. The second-order valence-electron chi connectivity index (χ2n) is 10.9. The number of hydrogen-bond donors (Lipinski definition) is 6. The fraction of sp³-hybridized carbons (Fsp3) is 0.781. The Morgan fingerprint density at radius 3 is 2.00 bits per heavy atom. The summed E-state index contributed by atoms with van der Waals surface area (Å²) in [6.07, 6.45) is 17.9. The molecule has 1 aliphatic rings. The van der Waals surface area contributed by atoms with E-state index in [0.29, 0.717) is 6.42 Å². The molecule has 0 aliphatic carbocycles. The maximum absolute atomic E-state index is 12.7. The molecule has 1 aliphatic heterocycles. The van der Waals surface area contributed by atoms with Crippen molar-refractivity contribution in [2.75, 3.05) is 13.2 Å². The van der Waals surface area contributed by atoms with Gasteiger partial charge in [-0.2, -0.15) is 0 Å². The fourth-order valence-electron chi connectivity index (χ4n) is 4.54. The summed E-state index contributed by atoms with van der Waals surface area (Å²) in [4.78, 5) is 12.7. The van der Waals surface area contributed by atoms with Gasteiger partial charge in [-0.05, 0) is 38.5 Å². The van der Waals surface area contributed by atoms with Crippen LogP contribution in [0, 0.1) is 0 Å². The van der Waals surface area contributed by atoms with Crippen molar-refractivity contribution in [1.82, 2.24) is 5.32 Å². The van der Waals surface area contributed by atoms with Crippen molar-refractivity contribution in [3.8, 4) is 0 Å². The summed E-state index contributed by atoms with van der Waals surface area (Å²) in [6, 6.07) is -0.818. The standard InChI is InChI=1S/C32H57NO8/c1-3-5-7-9-11-12-13-14-16-17-19-21-26(35)25(33-28(36)22-20-18-15-10-8-6-4-2)24-40-32-31(39)30(38)29(37)27(23-34)41-32/h7,9,13-14,19,21,25-27,29-32,34-35,37-39H,3-6,8,10-12,15-18,20,22-24H2,1-2H3,(H,33,36)/b9-7+,14-13+,21-19+. The summed E-state index contributed by atoms with van der Waals surface area (Å²) in [5.41, 5.74) is 0. The van der Waals surface area contributed by atoms with Gasteiger partial charge in [-0.1, -0.05) is 95.2 Å². The summed E-state index contributed by atoms with van der Waals surface area (Å²) in [6.45, 7) is 3.56. The molecule has 9 heteroatoms. The van der Waals surface area contributed by atoms with Gasteiger partial charge in [0.2, 0.25) is 5.91 Å². The van der Waals surface area contributed by atoms with Crippen molar-refractivity contribution in [2.24, 2.45) is 0 Å². The van der Waals surface area contributed by atoms with Crippen LogP contribution in [0.25, 0.3) is 0 Å². The maximum atomic E-state index is 12.7. The third-order valence-corrected chi connectivity index (χ3v) is 7.18. The number of ether oxygens (including phenoxy) is 2. The molecule has 238 valence electrons. The molecule has 0 saturated carbocycles. The second kappa shape index (κ2) is 23.9. The molecule has 7 unspecified atom stereocenters. The molecular weight excluding hydrogens is 526 g/mol. The Balaban J connectivity index is 2.62. The number of amides is 1.